The van der Waals surface area contributed by atoms with Crippen LogP contribution in [0.15, 0.2) is 0 Å². The number of unbranched alkanes of at least 4 members (excludes halogenated alkanes) is 16. The first-order chi connectivity index (χ1) is 15.7. The molecule has 2 unspecified atom stereocenters. The summed E-state index contributed by atoms with van der Waals surface area (Å²) in [5.74, 6) is 0.666. The van der Waals surface area contributed by atoms with E-state index in [1.807, 2.05) is 6.92 Å². The van der Waals surface area contributed by atoms with Crippen LogP contribution < -0.4 is 0 Å². The Morgan fingerprint density at radius 3 is 1.31 bits per heavy atom. The average molecular weight is 453 g/mol. The van der Waals surface area contributed by atoms with Crippen molar-refractivity contribution in [1.82, 2.24) is 0 Å². The predicted octanol–water partition coefficient (Wildman–Crippen LogP) is 10.4. The second-order valence-electron chi connectivity index (χ2n) is 10.4. The van der Waals surface area contributed by atoms with Gasteiger partial charge in [-0.25, -0.2) is 0 Å². The zero-order chi connectivity index (χ0) is 23.7. The minimum Gasteiger partial charge on any atom is -0.465 e. The van der Waals surface area contributed by atoms with Gasteiger partial charge in [0.2, 0.25) is 0 Å². The molecule has 0 saturated heterocycles. The van der Waals surface area contributed by atoms with Crippen LogP contribution in [0.2, 0.25) is 0 Å². The van der Waals surface area contributed by atoms with Gasteiger partial charge >= 0.3 is 5.97 Å². The Kier molecular flexibility index (Phi) is 24.7. The van der Waals surface area contributed by atoms with E-state index in [-0.39, 0.29) is 11.9 Å². The zero-order valence-electron chi connectivity index (χ0n) is 22.7. The summed E-state index contributed by atoms with van der Waals surface area (Å²) in [7, 11) is 0. The Bertz CT molecular complexity index is 379. The van der Waals surface area contributed by atoms with Crippen molar-refractivity contribution < 1.29 is 9.53 Å². The minimum absolute atomic E-state index is 0.0334. The second-order valence-corrected chi connectivity index (χ2v) is 10.4. The van der Waals surface area contributed by atoms with Crippen LogP contribution in [0.4, 0.5) is 0 Å². The first-order valence-corrected chi connectivity index (χ1v) is 14.8. The van der Waals surface area contributed by atoms with Gasteiger partial charge in [-0.2, -0.15) is 0 Å². The number of esters is 1. The molecule has 32 heavy (non-hydrogen) atoms. The lowest BCUT2D eigenvalue weighted by Gasteiger charge is -2.19. The lowest BCUT2D eigenvalue weighted by molar-refractivity contribution is -0.149. The Balaban J connectivity index is 4.06. The van der Waals surface area contributed by atoms with Crippen molar-refractivity contribution in [3.05, 3.63) is 0 Å². The van der Waals surface area contributed by atoms with Gasteiger partial charge < -0.3 is 4.74 Å². The molecule has 0 bridgehead atoms. The summed E-state index contributed by atoms with van der Waals surface area (Å²) in [6, 6.07) is 0. The summed E-state index contributed by atoms with van der Waals surface area (Å²) < 4.78 is 5.78. The normalized spacial score (nSPS) is 13.2. The van der Waals surface area contributed by atoms with Gasteiger partial charge in [0, 0.05) is 0 Å². The van der Waals surface area contributed by atoms with Crippen LogP contribution in [0, 0.1) is 11.8 Å². The highest BCUT2D eigenvalue weighted by atomic mass is 16.5. The van der Waals surface area contributed by atoms with Crippen molar-refractivity contribution in [3.8, 4) is 0 Å². The quantitative estimate of drug-likeness (QED) is 0.102. The van der Waals surface area contributed by atoms with Crippen molar-refractivity contribution in [2.45, 2.75) is 169 Å². The third kappa shape index (κ3) is 21.3. The molecule has 0 aromatic rings. The Morgan fingerprint density at radius 2 is 0.906 bits per heavy atom. The first-order valence-electron chi connectivity index (χ1n) is 14.8. The van der Waals surface area contributed by atoms with E-state index in [4.69, 9.17) is 4.74 Å². The molecule has 2 heteroatoms. The number of ether oxygens (including phenoxy) is 1. The van der Waals surface area contributed by atoms with E-state index in [1.54, 1.807) is 0 Å². The van der Waals surface area contributed by atoms with Crippen LogP contribution in [-0.4, -0.2) is 12.6 Å². The van der Waals surface area contributed by atoms with Gasteiger partial charge in [0.05, 0.1) is 12.5 Å². The van der Waals surface area contributed by atoms with Crippen molar-refractivity contribution in [2.24, 2.45) is 11.8 Å². The maximum atomic E-state index is 12.4. The summed E-state index contributed by atoms with van der Waals surface area (Å²) in [5.41, 5.74) is 0. The largest absolute Gasteiger partial charge is 0.465 e. The summed E-state index contributed by atoms with van der Waals surface area (Å²) in [5, 5.41) is 0. The fraction of sp³-hybridized carbons (Fsp3) is 0.967. The summed E-state index contributed by atoms with van der Waals surface area (Å²) >= 11 is 0. The Morgan fingerprint density at radius 1 is 0.531 bits per heavy atom. The zero-order valence-corrected chi connectivity index (χ0v) is 22.7. The molecule has 0 aliphatic carbocycles. The van der Waals surface area contributed by atoms with E-state index in [0.717, 1.165) is 19.3 Å². The van der Waals surface area contributed by atoms with Crippen LogP contribution >= 0.6 is 0 Å². The minimum atomic E-state index is 0.0334. The van der Waals surface area contributed by atoms with E-state index >= 15 is 0 Å². The standard InChI is InChI=1S/C30H60O2/c1-5-8-11-13-15-16-17-19-21-23-26-29(25-22-20-18-14-12-9-6-2)27-32-30(31)28(4)24-10-7-3/h28-29H,5-27H2,1-4H3. The summed E-state index contributed by atoms with van der Waals surface area (Å²) in [6.07, 6.45) is 29.1. The lowest BCUT2D eigenvalue weighted by atomic mass is 9.94. The summed E-state index contributed by atoms with van der Waals surface area (Å²) in [4.78, 5) is 12.4. The third-order valence-electron chi connectivity index (χ3n) is 7.04. The van der Waals surface area contributed by atoms with Crippen LogP contribution in [-0.2, 0) is 9.53 Å². The van der Waals surface area contributed by atoms with Crippen molar-refractivity contribution >= 4 is 5.97 Å². The lowest BCUT2D eigenvalue weighted by Crippen LogP contribution is -2.19. The predicted molar refractivity (Wildman–Crippen MR) is 142 cm³/mol. The van der Waals surface area contributed by atoms with Crippen LogP contribution in [0.25, 0.3) is 0 Å². The third-order valence-corrected chi connectivity index (χ3v) is 7.04. The smallest absolute Gasteiger partial charge is 0.308 e. The fourth-order valence-corrected chi connectivity index (χ4v) is 4.59. The van der Waals surface area contributed by atoms with E-state index in [0.29, 0.717) is 12.5 Å². The SMILES string of the molecule is CCCCCCCCCCCCC(CCCCCCCCC)COC(=O)C(C)CCCC. The van der Waals surface area contributed by atoms with Gasteiger partial charge in [0.15, 0.2) is 0 Å². The summed E-state index contributed by atoms with van der Waals surface area (Å²) in [6.45, 7) is 9.44. The molecule has 0 aromatic heterocycles. The maximum Gasteiger partial charge on any atom is 0.308 e. The first kappa shape index (κ1) is 31.5. The van der Waals surface area contributed by atoms with Crippen LogP contribution in [0.3, 0.4) is 0 Å². The van der Waals surface area contributed by atoms with Gasteiger partial charge in [-0.1, -0.05) is 150 Å². The number of carbonyl (C=O) groups excluding carboxylic acids is 1. The van der Waals surface area contributed by atoms with Gasteiger partial charge in [-0.3, -0.25) is 4.79 Å². The molecular weight excluding hydrogens is 392 g/mol. The fourth-order valence-electron chi connectivity index (χ4n) is 4.59. The number of rotatable bonds is 25. The molecule has 0 spiro atoms. The maximum absolute atomic E-state index is 12.4. The van der Waals surface area contributed by atoms with E-state index in [9.17, 15) is 4.79 Å². The molecular formula is C30H60O2. The highest BCUT2D eigenvalue weighted by Crippen LogP contribution is 2.21. The molecule has 0 rings (SSSR count). The Hall–Kier alpha value is -0.530. The molecule has 0 fully saturated rings. The molecule has 0 aromatic carbocycles. The van der Waals surface area contributed by atoms with E-state index in [1.165, 1.54) is 122 Å². The molecule has 0 aliphatic rings. The van der Waals surface area contributed by atoms with Crippen LogP contribution in [0.1, 0.15) is 169 Å². The highest BCUT2D eigenvalue weighted by molar-refractivity contribution is 5.71. The highest BCUT2D eigenvalue weighted by Gasteiger charge is 2.17. The van der Waals surface area contributed by atoms with Crippen molar-refractivity contribution in [2.75, 3.05) is 6.61 Å². The van der Waals surface area contributed by atoms with Crippen molar-refractivity contribution in [3.63, 3.8) is 0 Å². The monoisotopic (exact) mass is 452 g/mol. The topological polar surface area (TPSA) is 26.3 Å². The molecule has 0 aliphatic heterocycles. The number of hydrogen-bond acceptors (Lipinski definition) is 2. The Labute approximate surface area is 203 Å². The van der Waals surface area contributed by atoms with Gasteiger partial charge in [-0.15, -0.1) is 0 Å². The average Bonchev–Trinajstić information content (AvgIpc) is 2.80. The van der Waals surface area contributed by atoms with Gasteiger partial charge in [0.1, 0.15) is 0 Å². The molecule has 0 amide bonds. The van der Waals surface area contributed by atoms with Crippen molar-refractivity contribution in [1.29, 1.82) is 0 Å². The number of hydrogen-bond donors (Lipinski definition) is 0. The van der Waals surface area contributed by atoms with E-state index < -0.39 is 0 Å². The molecule has 2 atom stereocenters. The number of carbonyl (C=O) groups is 1. The molecule has 0 saturated carbocycles. The molecule has 0 radical (unpaired) electrons. The van der Waals surface area contributed by atoms with Gasteiger partial charge in [0.25, 0.3) is 0 Å². The molecule has 192 valence electrons. The van der Waals surface area contributed by atoms with Gasteiger partial charge in [-0.05, 0) is 25.2 Å². The molecule has 2 nitrogen and oxygen atoms in total. The molecule has 0 heterocycles. The molecule has 0 N–H and O–H groups in total. The van der Waals surface area contributed by atoms with Crippen LogP contribution in [0.5, 0.6) is 0 Å². The van der Waals surface area contributed by atoms with E-state index in [2.05, 4.69) is 20.8 Å². The second kappa shape index (κ2) is 25.1.